The van der Waals surface area contributed by atoms with Gasteiger partial charge in [-0.25, -0.2) is 0 Å². The third-order valence-electron chi connectivity index (χ3n) is 9.80. The van der Waals surface area contributed by atoms with Gasteiger partial charge in [0.2, 0.25) is 0 Å². The van der Waals surface area contributed by atoms with Crippen molar-refractivity contribution in [2.45, 2.75) is 85.4 Å². The van der Waals surface area contributed by atoms with Crippen LogP contribution in [0, 0.1) is 40.4 Å². The maximum absolute atomic E-state index is 14.3. The van der Waals surface area contributed by atoms with Crippen molar-refractivity contribution in [3.05, 3.63) is 12.2 Å². The van der Waals surface area contributed by atoms with E-state index in [1.54, 1.807) is 0 Å². The molecule has 2 saturated heterocycles. The molecule has 0 radical (unpaired) electrons. The van der Waals surface area contributed by atoms with Crippen molar-refractivity contribution in [2.75, 3.05) is 6.54 Å². The van der Waals surface area contributed by atoms with Crippen LogP contribution in [0.2, 0.25) is 4.82 Å². The average Bonchev–Trinajstić information content (AvgIpc) is 3.61. The molecule has 0 unspecified atom stereocenters. The van der Waals surface area contributed by atoms with Gasteiger partial charge in [-0.2, -0.15) is 0 Å². The van der Waals surface area contributed by atoms with Crippen LogP contribution in [0.25, 0.3) is 0 Å². The molecule has 216 valence electrons. The maximum atomic E-state index is 14.3. The van der Waals surface area contributed by atoms with Crippen molar-refractivity contribution in [2.24, 2.45) is 29.1 Å². The Morgan fingerprint density at radius 2 is 1.77 bits per heavy atom. The van der Waals surface area contributed by atoms with Crippen LogP contribution in [0.15, 0.2) is 12.2 Å². The Labute approximate surface area is 236 Å². The number of nitrogens with zero attached hydrogens (tertiary/aromatic N) is 2. The molecule has 0 spiro atoms. The summed E-state index contributed by atoms with van der Waals surface area (Å²) < 4.78 is 40.5. The van der Waals surface area contributed by atoms with Crippen LogP contribution in [0.1, 0.15) is 51.4 Å². The van der Waals surface area contributed by atoms with Crippen LogP contribution in [-0.2, 0) is 19.2 Å². The van der Waals surface area contributed by atoms with Gasteiger partial charge in [-0.15, -0.1) is 0 Å². The molecule has 7 aliphatic rings. The summed E-state index contributed by atoms with van der Waals surface area (Å²) in [4.78, 5) is 52.9. The average molecular weight is 627 g/mol. The molecular weight excluding hydrogens is 594 g/mol. The number of rotatable bonds is 7. The predicted molar refractivity (Wildman–Crippen MR) is 135 cm³/mol. The molecular formula is C27H32F3N5O4Se. The normalized spacial score (nSPS) is 38.6. The van der Waals surface area contributed by atoms with Gasteiger partial charge in [0.1, 0.15) is 0 Å². The van der Waals surface area contributed by atoms with Crippen molar-refractivity contribution >= 4 is 38.6 Å². The quantitative estimate of drug-likeness (QED) is 0.291. The summed E-state index contributed by atoms with van der Waals surface area (Å²) >= 11 is -0.217. The number of amides is 4. The molecule has 3 aliphatic heterocycles. The fourth-order valence-corrected chi connectivity index (χ4v) is 11.6. The van der Waals surface area contributed by atoms with Gasteiger partial charge in [0.05, 0.1) is 0 Å². The van der Waals surface area contributed by atoms with E-state index in [9.17, 15) is 37.6 Å². The Hall–Kier alpha value is -2.58. The van der Waals surface area contributed by atoms with E-state index in [0.29, 0.717) is 50.0 Å². The third kappa shape index (κ3) is 4.81. The van der Waals surface area contributed by atoms with Crippen LogP contribution in [0.5, 0.6) is 0 Å². The number of fused-ring (bicyclic) bond motifs is 2. The van der Waals surface area contributed by atoms with E-state index in [1.807, 2.05) is 18.2 Å². The Bertz CT molecular complexity index is 1150. The molecule has 4 aliphatic carbocycles. The van der Waals surface area contributed by atoms with Crippen LogP contribution in [-0.4, -0.2) is 79.3 Å². The zero-order chi connectivity index (χ0) is 28.4. The molecule has 7 rings (SSSR count). The van der Waals surface area contributed by atoms with Gasteiger partial charge in [0, 0.05) is 0 Å². The molecule has 40 heavy (non-hydrogen) atoms. The topological polar surface area (TPSA) is 131 Å². The summed E-state index contributed by atoms with van der Waals surface area (Å²) in [6, 6.07) is -1.26. The molecule has 4 amide bonds. The van der Waals surface area contributed by atoms with Crippen LogP contribution in [0.4, 0.5) is 13.2 Å². The Balaban J connectivity index is 1.26. The molecule has 13 heteroatoms. The van der Waals surface area contributed by atoms with Gasteiger partial charge in [-0.3, -0.25) is 0 Å². The Morgan fingerprint density at radius 3 is 2.33 bits per heavy atom. The Kier molecular flexibility index (Phi) is 6.93. The first-order valence-corrected chi connectivity index (χ1v) is 16.0. The second kappa shape index (κ2) is 10.1. The summed E-state index contributed by atoms with van der Waals surface area (Å²) in [5.74, 6) is -2.91. The molecule has 6 atom stereocenters. The number of carbonyl (C=O) groups is 4. The molecule has 9 nitrogen and oxygen atoms in total. The number of nitriles is 1. The van der Waals surface area contributed by atoms with Crippen molar-refractivity contribution in [3.63, 3.8) is 0 Å². The first-order chi connectivity index (χ1) is 19.0. The first kappa shape index (κ1) is 27.6. The molecule has 4 saturated carbocycles. The minimum atomic E-state index is -5.14. The monoisotopic (exact) mass is 627 g/mol. The minimum absolute atomic E-state index is 0.140. The van der Waals surface area contributed by atoms with E-state index in [2.05, 4.69) is 16.0 Å². The summed E-state index contributed by atoms with van der Waals surface area (Å²) in [7, 11) is 0. The third-order valence-corrected chi connectivity index (χ3v) is 12.7. The van der Waals surface area contributed by atoms with Gasteiger partial charge in [-0.1, -0.05) is 0 Å². The van der Waals surface area contributed by atoms with Gasteiger partial charge >= 0.3 is 236 Å². The fourth-order valence-electron chi connectivity index (χ4n) is 8.57. The van der Waals surface area contributed by atoms with E-state index >= 15 is 0 Å². The van der Waals surface area contributed by atoms with Gasteiger partial charge in [0.25, 0.3) is 0 Å². The molecule has 3 N–H and O–H groups in total. The number of halogens is 3. The zero-order valence-electron chi connectivity index (χ0n) is 21.8. The van der Waals surface area contributed by atoms with Gasteiger partial charge in [-0.05, 0) is 0 Å². The molecule has 0 aromatic carbocycles. The second-order valence-corrected chi connectivity index (χ2v) is 15.2. The Morgan fingerprint density at radius 1 is 1.12 bits per heavy atom. The van der Waals surface area contributed by atoms with Crippen molar-refractivity contribution < 1.29 is 32.3 Å². The molecule has 3 heterocycles. The summed E-state index contributed by atoms with van der Waals surface area (Å²) in [6.45, 7) is 0.507. The van der Waals surface area contributed by atoms with Crippen LogP contribution in [0.3, 0.4) is 0 Å². The molecule has 0 aromatic rings. The number of carbonyl (C=O) groups excluding carboxylic acids is 4. The van der Waals surface area contributed by atoms with Crippen LogP contribution >= 0.6 is 0 Å². The SMILES string of the molecule is N#C[C@H](C[C@@H]1CCNC1=O)NC(=O)[C@@H]1[C@H]2C=C[C@H]([Se]2)N1C(=O)[C@@H](NC(=O)C(F)(F)F)C12CC3CC(CC(C3)C1)C2. The van der Waals surface area contributed by atoms with Crippen molar-refractivity contribution in [1.82, 2.24) is 20.9 Å². The molecule has 6 fully saturated rings. The van der Waals surface area contributed by atoms with Crippen molar-refractivity contribution in [1.29, 1.82) is 5.26 Å². The number of nitrogens with one attached hydrogen (secondary N) is 3. The van der Waals surface area contributed by atoms with E-state index < -0.39 is 58.3 Å². The van der Waals surface area contributed by atoms with Crippen LogP contribution < -0.4 is 16.0 Å². The van der Waals surface area contributed by atoms with E-state index in [4.69, 9.17) is 0 Å². The predicted octanol–water partition coefficient (Wildman–Crippen LogP) is 1.38. The van der Waals surface area contributed by atoms with Crippen molar-refractivity contribution in [3.8, 4) is 6.07 Å². The van der Waals surface area contributed by atoms with E-state index in [1.165, 1.54) is 4.90 Å². The molecule has 6 bridgehead atoms. The summed E-state index contributed by atoms with van der Waals surface area (Å²) in [5, 5.41) is 17.2. The van der Waals surface area contributed by atoms with E-state index in [-0.39, 0.29) is 32.1 Å². The summed E-state index contributed by atoms with van der Waals surface area (Å²) in [5.41, 5.74) is -0.767. The number of alkyl halides is 3. The zero-order valence-corrected chi connectivity index (χ0v) is 23.5. The standard InChI is InChI=1S/C27H32F3N5O4Se/c28-27(29,30)25(39)34-21(26-9-13-5-14(10-26)7-15(6-13)11-26)24(38)35-19-2-1-18(40-19)20(35)23(37)33-17(12-31)8-16-3-4-32-22(16)36/h1-2,13-21H,3-11H2,(H,32,36)(H,33,37)(H,34,39)/t13?,14?,15?,16-,17-,18+,19-,20-,21+,26?/m0/s1. The molecule has 0 aromatic heterocycles. The van der Waals surface area contributed by atoms with Gasteiger partial charge < -0.3 is 0 Å². The number of hydrogen-bond acceptors (Lipinski definition) is 5. The summed E-state index contributed by atoms with van der Waals surface area (Å²) in [6.07, 6.45) is 4.03. The second-order valence-electron chi connectivity index (χ2n) is 12.5. The first-order valence-electron chi connectivity index (χ1n) is 14.0. The number of hydrogen-bond donors (Lipinski definition) is 3. The fraction of sp³-hybridized carbons (Fsp3) is 0.741. The van der Waals surface area contributed by atoms with Gasteiger partial charge in [0.15, 0.2) is 0 Å². The van der Waals surface area contributed by atoms with E-state index in [0.717, 1.165) is 19.3 Å².